The summed E-state index contributed by atoms with van der Waals surface area (Å²) in [5.74, 6) is 0. The second kappa shape index (κ2) is 31.7. The van der Waals surface area contributed by atoms with E-state index < -0.39 is 31.6 Å². The molecule has 28 heavy (non-hydrogen) atoms. The third kappa shape index (κ3) is 586000000000000001541808992005652480. The van der Waals surface area contributed by atoms with Gasteiger partial charge in [-0.3, -0.25) is 39.1 Å². The minimum atomic E-state index is -5.14. The monoisotopic (exact) mass is 536 g/mol. The number of hydrogen-bond donors (Lipinski definition) is 16. The lowest BCUT2D eigenvalue weighted by molar-refractivity contribution is 0.320. The number of halogens is 4. The van der Waals surface area contributed by atoms with Crippen molar-refractivity contribution in [2.75, 3.05) is 0 Å². The van der Waals surface area contributed by atoms with E-state index in [-0.39, 0.29) is 49.2 Å². The predicted octanol–water partition coefficient (Wildman–Crippen LogP) is 1.49. The molecule has 0 radical (unpaired) electrons. The first kappa shape index (κ1) is 79.7. The molecule has 0 aliphatic heterocycles. The van der Waals surface area contributed by atoms with Gasteiger partial charge in [0.1, 0.15) is 0 Å². The fraction of sp³-hybridized carbons (Fsp3) is 0. The van der Waals surface area contributed by atoms with Gasteiger partial charge in [-0.1, -0.05) is 0 Å². The van der Waals surface area contributed by atoms with E-state index in [4.69, 9.17) is 57.4 Å². The molecule has 0 fully saturated rings. The minimum absolute atomic E-state index is 0. The van der Waals surface area contributed by atoms with Crippen LogP contribution in [0.25, 0.3) is 0 Å². The molecule has 0 saturated heterocycles. The Morgan fingerprint density at radius 3 is 0.321 bits per heavy atom. The van der Waals surface area contributed by atoms with Gasteiger partial charge in [-0.15, -0.1) is 16.8 Å². The standard InChI is InChI=1S/4FH2O3P.8H3N/c4*1-5(2,3)4;;;;;;;;/h4*(H2,2,3,4);8*1H3. The quantitative estimate of drug-likeness (QED) is 0.154. The van der Waals surface area contributed by atoms with Crippen molar-refractivity contribution in [1.82, 2.24) is 49.2 Å². The Bertz CT molecular complexity index is 316. The highest BCUT2D eigenvalue weighted by Crippen LogP contribution is 2.36. The molecule has 28 heteroatoms. The highest BCUT2D eigenvalue weighted by molar-refractivity contribution is 7.46. The normalized spacial score (nSPS) is 8.43. The summed E-state index contributed by atoms with van der Waals surface area (Å²) in [7, 11) is -20.6. The maximum atomic E-state index is 10.4. The first-order valence-electron chi connectivity index (χ1n) is 3.01. The van der Waals surface area contributed by atoms with Crippen molar-refractivity contribution in [2.24, 2.45) is 0 Å². The van der Waals surface area contributed by atoms with Crippen LogP contribution in [0.1, 0.15) is 0 Å². The molecular weight excluding hydrogens is 504 g/mol. The summed E-state index contributed by atoms with van der Waals surface area (Å²) in [6, 6.07) is 0. The molecule has 0 aliphatic rings. The van der Waals surface area contributed by atoms with Gasteiger partial charge < -0.3 is 49.2 Å². The molecule has 0 unspecified atom stereocenters. The van der Waals surface area contributed by atoms with Gasteiger partial charge in [-0.25, -0.2) is 18.3 Å². The average Bonchev–Trinajstić information content (AvgIpc) is 1.62. The van der Waals surface area contributed by atoms with E-state index in [1.807, 2.05) is 0 Å². The summed E-state index contributed by atoms with van der Waals surface area (Å²) in [5, 5.41) is 0. The third-order valence-corrected chi connectivity index (χ3v) is 0. The molecular formula is H32F4N8O12P4. The van der Waals surface area contributed by atoms with Crippen LogP contribution >= 0.6 is 31.6 Å². The highest BCUT2D eigenvalue weighted by atomic mass is 31.2. The highest BCUT2D eigenvalue weighted by Gasteiger charge is 2.06. The Kier molecular flexibility index (Phi) is 90.2. The summed E-state index contributed by atoms with van der Waals surface area (Å²) in [4.78, 5) is 55.7. The molecule has 192 valence electrons. The average molecular weight is 536 g/mol. The van der Waals surface area contributed by atoms with Gasteiger partial charge in [0.2, 0.25) is 0 Å². The van der Waals surface area contributed by atoms with Gasteiger partial charge in [0.15, 0.2) is 0 Å². The van der Waals surface area contributed by atoms with Gasteiger partial charge in [0.25, 0.3) is 0 Å². The molecule has 0 aromatic heterocycles. The van der Waals surface area contributed by atoms with Crippen molar-refractivity contribution in [2.45, 2.75) is 0 Å². The second-order valence-electron chi connectivity index (χ2n) is 1.89. The third-order valence-electron chi connectivity index (χ3n) is 0. The van der Waals surface area contributed by atoms with E-state index in [0.29, 0.717) is 0 Å². The summed E-state index contributed by atoms with van der Waals surface area (Å²) < 4.78 is 76.1. The van der Waals surface area contributed by atoms with E-state index in [0.717, 1.165) is 0 Å². The minimum Gasteiger partial charge on any atom is -0.344 e. The lowest BCUT2D eigenvalue weighted by Crippen LogP contribution is -1.56. The molecule has 0 aromatic rings. The lowest BCUT2D eigenvalue weighted by Gasteiger charge is -1.78. The van der Waals surface area contributed by atoms with E-state index in [1.165, 1.54) is 0 Å². The number of hydrogen-bond acceptors (Lipinski definition) is 12. The predicted molar refractivity (Wildman–Crippen MR) is 92.8 cm³/mol. The fourth-order valence-electron chi connectivity index (χ4n) is 0. The van der Waals surface area contributed by atoms with Crippen molar-refractivity contribution in [3.8, 4) is 0 Å². The van der Waals surface area contributed by atoms with Gasteiger partial charge in [-0.05, 0) is 0 Å². The SMILES string of the molecule is N.N.N.N.N.N.N.N.O=P(O)(O)F.O=P(O)(O)F.O=P(O)(O)F.O=P(O)(O)F. The Balaban J connectivity index is -0.0000000111. The van der Waals surface area contributed by atoms with Crippen molar-refractivity contribution in [3.63, 3.8) is 0 Å². The lowest BCUT2D eigenvalue weighted by atomic mass is 14.0. The molecule has 0 rings (SSSR count). The van der Waals surface area contributed by atoms with Gasteiger partial charge in [-0.2, -0.15) is 0 Å². The van der Waals surface area contributed by atoms with Crippen LogP contribution in [-0.4, -0.2) is 39.1 Å². The smallest absolute Gasteiger partial charge is 0.344 e. The molecule has 0 spiro atoms. The van der Waals surface area contributed by atoms with Crippen LogP contribution < -0.4 is 49.2 Å². The molecule has 0 bridgehead atoms. The van der Waals surface area contributed by atoms with Crippen LogP contribution in [-0.2, 0) is 18.3 Å². The van der Waals surface area contributed by atoms with Crippen LogP contribution in [0.3, 0.4) is 0 Å². The molecule has 0 amide bonds. The Hall–Kier alpha value is -0.000000000000000167. The maximum absolute atomic E-state index is 10.4. The molecule has 32 N–H and O–H groups in total. The summed E-state index contributed by atoms with van der Waals surface area (Å²) in [6.07, 6.45) is 0. The molecule has 20 nitrogen and oxygen atoms in total. The number of rotatable bonds is 0. The zero-order valence-corrected chi connectivity index (χ0v) is 17.7. The zero-order chi connectivity index (χ0) is 18.0. The van der Waals surface area contributed by atoms with Gasteiger partial charge in [0, 0.05) is 0 Å². The van der Waals surface area contributed by atoms with Crippen molar-refractivity contribution >= 4 is 31.6 Å². The Morgan fingerprint density at radius 1 is 0.321 bits per heavy atom. The van der Waals surface area contributed by atoms with E-state index in [9.17, 15) is 16.8 Å². The van der Waals surface area contributed by atoms with Crippen LogP contribution in [0.5, 0.6) is 0 Å². The first-order chi connectivity index (χ1) is 8.00. The second-order valence-corrected chi connectivity index (χ2v) is 5.68. The largest absolute Gasteiger partial charge is 0.507 e. The Morgan fingerprint density at radius 2 is 0.321 bits per heavy atom. The van der Waals surface area contributed by atoms with Crippen molar-refractivity contribution in [3.05, 3.63) is 0 Å². The van der Waals surface area contributed by atoms with Crippen LogP contribution in [0.15, 0.2) is 0 Å². The maximum Gasteiger partial charge on any atom is 0.507 e. The first-order valence-corrected chi connectivity index (χ1v) is 9.02. The summed E-state index contributed by atoms with van der Waals surface area (Å²) >= 11 is 0. The molecule has 0 aromatic carbocycles. The fourth-order valence-corrected chi connectivity index (χ4v) is 0. The van der Waals surface area contributed by atoms with Crippen molar-refractivity contribution in [1.29, 1.82) is 0 Å². The summed E-state index contributed by atoms with van der Waals surface area (Å²) in [6.45, 7) is 0. The van der Waals surface area contributed by atoms with Crippen molar-refractivity contribution < 1.29 is 74.2 Å². The van der Waals surface area contributed by atoms with E-state index >= 15 is 0 Å². The van der Waals surface area contributed by atoms with Gasteiger partial charge in [0.05, 0.1) is 0 Å². The van der Waals surface area contributed by atoms with Gasteiger partial charge >= 0.3 is 31.6 Å². The van der Waals surface area contributed by atoms with Crippen LogP contribution in [0.4, 0.5) is 16.8 Å². The Labute approximate surface area is 156 Å². The molecule has 0 atom stereocenters. The molecule has 0 aliphatic carbocycles. The summed E-state index contributed by atoms with van der Waals surface area (Å²) in [5.41, 5.74) is 0. The van der Waals surface area contributed by atoms with E-state index in [2.05, 4.69) is 0 Å². The molecule has 0 saturated carbocycles. The zero-order valence-electron chi connectivity index (χ0n) is 14.2. The van der Waals surface area contributed by atoms with E-state index in [1.54, 1.807) is 0 Å². The van der Waals surface area contributed by atoms with Crippen LogP contribution in [0, 0.1) is 0 Å². The topological polar surface area (TPSA) is 510 Å². The van der Waals surface area contributed by atoms with Crippen LogP contribution in [0.2, 0.25) is 0 Å². The molecule has 0 heterocycles.